The minimum Gasteiger partial charge on any atom is -0.496 e. The van der Waals surface area contributed by atoms with Crippen LogP contribution in [0, 0.1) is 12.3 Å². The van der Waals surface area contributed by atoms with Crippen LogP contribution in [0.5, 0.6) is 17.2 Å². The van der Waals surface area contributed by atoms with Crippen molar-refractivity contribution in [1.29, 1.82) is 5.39 Å². The minimum atomic E-state index is 0.331. The number of ether oxygens (including phenoxy) is 2. The summed E-state index contributed by atoms with van der Waals surface area (Å²) in [4.78, 5) is 3.20. The summed E-state index contributed by atoms with van der Waals surface area (Å²) in [5.41, 5.74) is 1.34. The summed E-state index contributed by atoms with van der Waals surface area (Å²) in [6.45, 7) is 1.95. The molecular formula is C14H13N2O2+. The van der Waals surface area contributed by atoms with Gasteiger partial charge in [-0.15, -0.1) is 0 Å². The lowest BCUT2D eigenvalue weighted by molar-refractivity contribution is 0.413. The van der Waals surface area contributed by atoms with Crippen LogP contribution in [0.4, 0.5) is 5.69 Å². The molecule has 2 rings (SSSR count). The Morgan fingerprint density at radius 2 is 1.83 bits per heavy atom. The number of rotatable bonds is 3. The van der Waals surface area contributed by atoms with E-state index in [2.05, 4.69) is 4.98 Å². The smallest absolute Gasteiger partial charge is 0.430 e. The number of methoxy groups -OCH3 is 1. The zero-order valence-corrected chi connectivity index (χ0v) is 10.3. The van der Waals surface area contributed by atoms with Gasteiger partial charge in [-0.25, -0.2) is 0 Å². The summed E-state index contributed by atoms with van der Waals surface area (Å²) in [6, 6.07) is 12.7. The second kappa shape index (κ2) is 5.19. The normalized spacial score (nSPS) is 9.61. The van der Waals surface area contributed by atoms with Crippen molar-refractivity contribution in [2.45, 2.75) is 6.92 Å². The van der Waals surface area contributed by atoms with E-state index in [0.717, 1.165) is 11.3 Å². The van der Waals surface area contributed by atoms with Crippen LogP contribution in [0.15, 0.2) is 42.5 Å². The van der Waals surface area contributed by atoms with E-state index >= 15 is 0 Å². The zero-order chi connectivity index (χ0) is 13.0. The molecular weight excluding hydrogens is 228 g/mol. The van der Waals surface area contributed by atoms with Crippen LogP contribution in [-0.4, -0.2) is 7.11 Å². The molecule has 18 heavy (non-hydrogen) atoms. The lowest BCUT2D eigenvalue weighted by Gasteiger charge is -2.06. The van der Waals surface area contributed by atoms with Crippen molar-refractivity contribution in [3.63, 3.8) is 0 Å². The molecule has 0 aliphatic carbocycles. The van der Waals surface area contributed by atoms with Gasteiger partial charge in [0.25, 0.3) is 0 Å². The molecule has 0 aliphatic rings. The summed E-state index contributed by atoms with van der Waals surface area (Å²) in [7, 11) is 1.55. The van der Waals surface area contributed by atoms with Crippen molar-refractivity contribution in [1.82, 2.24) is 0 Å². The van der Waals surface area contributed by atoms with Crippen molar-refractivity contribution < 1.29 is 9.47 Å². The zero-order valence-electron chi connectivity index (χ0n) is 10.3. The molecule has 0 bridgehead atoms. The largest absolute Gasteiger partial charge is 0.496 e. The molecule has 0 atom stereocenters. The maximum Gasteiger partial charge on any atom is 0.430 e. The second-order valence-corrected chi connectivity index (χ2v) is 3.80. The van der Waals surface area contributed by atoms with E-state index in [4.69, 9.17) is 14.9 Å². The second-order valence-electron chi connectivity index (χ2n) is 3.80. The number of para-hydroxylation sites is 1. The Morgan fingerprint density at radius 1 is 1.06 bits per heavy atom. The first-order chi connectivity index (χ1) is 8.74. The highest BCUT2D eigenvalue weighted by atomic mass is 16.5. The number of nitrogens with zero attached hydrogens (tertiary/aromatic N) is 2. The summed E-state index contributed by atoms with van der Waals surface area (Å²) in [6.07, 6.45) is 0. The molecule has 0 aliphatic heterocycles. The van der Waals surface area contributed by atoms with Gasteiger partial charge in [0.15, 0.2) is 4.98 Å². The maximum atomic E-state index is 8.98. The fraction of sp³-hybridized carbons (Fsp3) is 0.143. The van der Waals surface area contributed by atoms with Crippen molar-refractivity contribution in [3.8, 4) is 17.2 Å². The van der Waals surface area contributed by atoms with Gasteiger partial charge in [0.1, 0.15) is 11.5 Å². The van der Waals surface area contributed by atoms with Crippen LogP contribution in [0.1, 0.15) is 5.56 Å². The lowest BCUT2D eigenvalue weighted by atomic mass is 10.2. The summed E-state index contributed by atoms with van der Waals surface area (Å²) in [5, 5.41) is 8.98. The van der Waals surface area contributed by atoms with Gasteiger partial charge >= 0.3 is 5.69 Å². The Balaban J connectivity index is 2.35. The molecule has 0 radical (unpaired) electrons. The van der Waals surface area contributed by atoms with E-state index in [0.29, 0.717) is 17.2 Å². The van der Waals surface area contributed by atoms with Gasteiger partial charge in [-0.2, -0.15) is 0 Å². The average Bonchev–Trinajstić information content (AvgIpc) is 2.41. The molecule has 0 fully saturated rings. The Bertz CT molecular complexity index is 603. The predicted molar refractivity (Wildman–Crippen MR) is 69.0 cm³/mol. The highest BCUT2D eigenvalue weighted by molar-refractivity contribution is 5.61. The van der Waals surface area contributed by atoms with E-state index in [1.54, 1.807) is 25.3 Å². The number of hydrogen-bond donors (Lipinski definition) is 0. The first-order valence-electron chi connectivity index (χ1n) is 5.51. The molecule has 0 heterocycles. The molecule has 0 saturated carbocycles. The van der Waals surface area contributed by atoms with Gasteiger partial charge in [0, 0.05) is 0 Å². The first-order valence-corrected chi connectivity index (χ1v) is 5.51. The fourth-order valence-corrected chi connectivity index (χ4v) is 1.58. The van der Waals surface area contributed by atoms with Crippen LogP contribution < -0.4 is 9.47 Å². The van der Waals surface area contributed by atoms with Crippen LogP contribution in [-0.2, 0) is 0 Å². The maximum absolute atomic E-state index is 8.98. The summed E-state index contributed by atoms with van der Waals surface area (Å²) < 4.78 is 10.8. The van der Waals surface area contributed by atoms with Crippen molar-refractivity contribution >= 4 is 5.69 Å². The van der Waals surface area contributed by atoms with Gasteiger partial charge in [0.05, 0.1) is 13.2 Å². The highest BCUT2D eigenvalue weighted by Crippen LogP contribution is 2.35. The Labute approximate surface area is 105 Å². The number of benzene rings is 2. The molecule has 4 nitrogen and oxygen atoms in total. The molecule has 0 spiro atoms. The van der Waals surface area contributed by atoms with Crippen molar-refractivity contribution in [3.05, 3.63) is 53.0 Å². The Morgan fingerprint density at radius 3 is 2.50 bits per heavy atom. The van der Waals surface area contributed by atoms with Gasteiger partial charge in [-0.05, 0) is 30.7 Å². The highest BCUT2D eigenvalue weighted by Gasteiger charge is 2.17. The molecule has 0 amide bonds. The van der Waals surface area contributed by atoms with Crippen molar-refractivity contribution in [2.75, 3.05) is 7.11 Å². The first kappa shape index (κ1) is 11.9. The van der Waals surface area contributed by atoms with Gasteiger partial charge in [0.2, 0.25) is 11.1 Å². The van der Waals surface area contributed by atoms with E-state index in [1.165, 1.54) is 0 Å². The van der Waals surface area contributed by atoms with Crippen LogP contribution >= 0.6 is 0 Å². The van der Waals surface area contributed by atoms with Crippen molar-refractivity contribution in [2.24, 2.45) is 0 Å². The Kier molecular flexibility index (Phi) is 3.44. The minimum absolute atomic E-state index is 0.331. The van der Waals surface area contributed by atoms with Gasteiger partial charge in [-0.1, -0.05) is 18.2 Å². The monoisotopic (exact) mass is 241 g/mol. The van der Waals surface area contributed by atoms with Gasteiger partial charge in [-0.3, -0.25) is 0 Å². The molecule has 0 unspecified atom stereocenters. The lowest BCUT2D eigenvalue weighted by Crippen LogP contribution is -1.88. The third-order valence-corrected chi connectivity index (χ3v) is 2.59. The predicted octanol–water partition coefficient (Wildman–Crippen LogP) is 4.28. The molecule has 90 valence electrons. The van der Waals surface area contributed by atoms with E-state index in [-0.39, 0.29) is 0 Å². The third-order valence-electron chi connectivity index (χ3n) is 2.59. The SMILES string of the molecule is COc1ccc(Oc2ccccc2C)c([N+]#N)c1. The van der Waals surface area contributed by atoms with Crippen LogP contribution in [0.25, 0.3) is 4.98 Å². The van der Waals surface area contributed by atoms with Crippen LogP contribution in [0.3, 0.4) is 0 Å². The molecule has 0 saturated heterocycles. The molecule has 4 heteroatoms. The topological polar surface area (TPSA) is 46.6 Å². The molecule has 2 aromatic rings. The standard InChI is InChI=1S/C14H13N2O2/c1-10-5-3-4-6-13(10)18-14-8-7-11(17-2)9-12(14)16-15/h3-9H,1-2H3/q+1. The third kappa shape index (κ3) is 2.41. The van der Waals surface area contributed by atoms with Crippen LogP contribution in [0.2, 0.25) is 0 Å². The number of hydrogen-bond acceptors (Lipinski definition) is 3. The molecule has 0 N–H and O–H groups in total. The van der Waals surface area contributed by atoms with E-state index < -0.39 is 0 Å². The van der Waals surface area contributed by atoms with Gasteiger partial charge < -0.3 is 9.47 Å². The summed E-state index contributed by atoms with van der Waals surface area (Å²) in [5.74, 6) is 1.82. The molecule has 0 aromatic heterocycles. The van der Waals surface area contributed by atoms with E-state index in [9.17, 15) is 0 Å². The molecule has 2 aromatic carbocycles. The number of diazo groups is 1. The number of aryl methyl sites for hydroxylation is 1. The van der Waals surface area contributed by atoms with E-state index in [1.807, 2.05) is 31.2 Å². The average molecular weight is 241 g/mol. The Hall–Kier alpha value is -2.54. The summed E-state index contributed by atoms with van der Waals surface area (Å²) >= 11 is 0. The fourth-order valence-electron chi connectivity index (χ4n) is 1.58. The quantitative estimate of drug-likeness (QED) is 0.753.